The maximum atomic E-state index is 9.85. The van der Waals surface area contributed by atoms with Crippen molar-refractivity contribution in [2.75, 3.05) is 63.1 Å². The summed E-state index contributed by atoms with van der Waals surface area (Å²) in [4.78, 5) is 12.2. The van der Waals surface area contributed by atoms with Gasteiger partial charge in [-0.15, -0.1) is 0 Å². The minimum Gasteiger partial charge on any atom is -0.369 e. The lowest BCUT2D eigenvalue weighted by molar-refractivity contribution is 0.303. The van der Waals surface area contributed by atoms with Gasteiger partial charge in [0.25, 0.3) is 0 Å². The quantitative estimate of drug-likeness (QED) is 0.710. The Morgan fingerprint density at radius 2 is 1.89 bits per heavy atom. The minimum atomic E-state index is 0.767. The van der Waals surface area contributed by atoms with E-state index in [1.165, 1.54) is 24.0 Å². The molecule has 1 fully saturated rings. The summed E-state index contributed by atoms with van der Waals surface area (Å²) in [6, 6.07) is 2.46. The van der Waals surface area contributed by atoms with Crippen LogP contribution in [0.3, 0.4) is 0 Å². The fourth-order valence-electron chi connectivity index (χ4n) is 4.24. The highest BCUT2D eigenvalue weighted by Gasteiger charge is 2.27. The maximum absolute atomic E-state index is 9.85. The Kier molecular flexibility index (Phi) is 6.92. The largest absolute Gasteiger partial charge is 0.369 e. The molecule has 0 aromatic carbocycles. The number of likely N-dealkylation sites (N-methyl/N-ethyl adjacent to an activating group) is 1. The van der Waals surface area contributed by atoms with Gasteiger partial charge >= 0.3 is 0 Å². The fourth-order valence-corrected chi connectivity index (χ4v) is 4.24. The second-order valence-electron chi connectivity index (χ2n) is 7.72. The third-order valence-electron chi connectivity index (χ3n) is 5.92. The molecule has 148 valence electrons. The lowest BCUT2D eigenvalue weighted by atomic mass is 9.95. The first-order chi connectivity index (χ1) is 13.2. The molecule has 0 aliphatic carbocycles. The molecule has 0 spiro atoms. The molecule has 6 heteroatoms. The van der Waals surface area contributed by atoms with Gasteiger partial charge in [0, 0.05) is 38.3 Å². The Bertz CT molecular complexity index is 670. The predicted octanol–water partition coefficient (Wildman–Crippen LogP) is 2.69. The zero-order valence-corrected chi connectivity index (χ0v) is 17.2. The molecule has 0 bridgehead atoms. The summed E-state index contributed by atoms with van der Waals surface area (Å²) in [6.07, 6.45) is 4.47. The monoisotopic (exact) mass is 370 g/mol. The molecule has 1 saturated heterocycles. The summed E-state index contributed by atoms with van der Waals surface area (Å²) >= 11 is 0. The lowest BCUT2D eigenvalue weighted by Gasteiger charge is -2.31. The van der Waals surface area contributed by atoms with E-state index in [-0.39, 0.29) is 0 Å². The van der Waals surface area contributed by atoms with Gasteiger partial charge < -0.3 is 20.0 Å². The topological polar surface area (TPSA) is 58.4 Å². The van der Waals surface area contributed by atoms with Crippen molar-refractivity contribution >= 4 is 11.6 Å². The Balaban J connectivity index is 1.82. The van der Waals surface area contributed by atoms with E-state index < -0.39 is 0 Å². The maximum Gasteiger partial charge on any atom is 0.146 e. The zero-order chi connectivity index (χ0) is 19.2. The number of nitrogens with zero attached hydrogens (tertiary/aromatic N) is 5. The van der Waals surface area contributed by atoms with E-state index in [0.717, 1.165) is 82.4 Å². The Hall–Kier alpha value is -1.84. The zero-order valence-electron chi connectivity index (χ0n) is 17.2. The second-order valence-corrected chi connectivity index (χ2v) is 7.72. The molecule has 3 rings (SSSR count). The first-order valence-corrected chi connectivity index (χ1v) is 10.5. The molecule has 27 heavy (non-hydrogen) atoms. The molecule has 0 unspecified atom stereocenters. The standard InChI is InChI=1S/C21H34N6/c1-4-26(5-2)11-8-10-23-20-18(15-22)17-9-14-25(3)16-19(17)21(24-20)27-12-6-7-13-27/h4-14,16H2,1-3H3,(H,23,24). The second kappa shape index (κ2) is 9.38. The third kappa shape index (κ3) is 4.53. The smallest absolute Gasteiger partial charge is 0.146 e. The van der Waals surface area contributed by atoms with Gasteiger partial charge in [-0.2, -0.15) is 5.26 Å². The molecule has 1 aromatic rings. The first kappa shape index (κ1) is 19.9. The van der Waals surface area contributed by atoms with E-state index in [9.17, 15) is 5.26 Å². The van der Waals surface area contributed by atoms with Crippen LogP contribution in [-0.4, -0.2) is 67.6 Å². The highest BCUT2D eigenvalue weighted by Crippen LogP contribution is 2.34. The molecule has 0 radical (unpaired) electrons. The molecule has 0 atom stereocenters. The summed E-state index contributed by atoms with van der Waals surface area (Å²) in [6.45, 7) is 12.6. The van der Waals surface area contributed by atoms with E-state index in [2.05, 4.69) is 47.0 Å². The average molecular weight is 371 g/mol. The van der Waals surface area contributed by atoms with Crippen LogP contribution in [0, 0.1) is 11.3 Å². The molecule has 0 amide bonds. The number of nitrogens with one attached hydrogen (secondary N) is 1. The summed E-state index contributed by atoms with van der Waals surface area (Å²) in [7, 11) is 2.15. The fraction of sp³-hybridized carbons (Fsp3) is 0.714. The number of hydrogen-bond donors (Lipinski definition) is 1. The van der Waals surface area contributed by atoms with E-state index in [4.69, 9.17) is 4.98 Å². The third-order valence-corrected chi connectivity index (χ3v) is 5.92. The number of aromatic nitrogens is 1. The van der Waals surface area contributed by atoms with Gasteiger partial charge in [0.05, 0.1) is 5.56 Å². The minimum absolute atomic E-state index is 0.767. The molecule has 3 heterocycles. The number of rotatable bonds is 8. The van der Waals surface area contributed by atoms with Crippen LogP contribution in [0.5, 0.6) is 0 Å². The number of hydrogen-bond acceptors (Lipinski definition) is 6. The molecular formula is C21H34N6. The Labute approximate surface area is 164 Å². The lowest BCUT2D eigenvalue weighted by Crippen LogP contribution is -2.31. The molecule has 1 N–H and O–H groups in total. The highest BCUT2D eigenvalue weighted by atomic mass is 15.2. The van der Waals surface area contributed by atoms with Gasteiger partial charge in [0.1, 0.15) is 17.7 Å². The van der Waals surface area contributed by atoms with Crippen LogP contribution in [0.25, 0.3) is 0 Å². The van der Waals surface area contributed by atoms with E-state index in [1.807, 2.05) is 0 Å². The van der Waals surface area contributed by atoms with Gasteiger partial charge in [-0.3, -0.25) is 0 Å². The van der Waals surface area contributed by atoms with Gasteiger partial charge in [0.2, 0.25) is 0 Å². The average Bonchev–Trinajstić information content (AvgIpc) is 3.22. The van der Waals surface area contributed by atoms with Crippen LogP contribution in [0.2, 0.25) is 0 Å². The first-order valence-electron chi connectivity index (χ1n) is 10.5. The van der Waals surface area contributed by atoms with Crippen molar-refractivity contribution in [2.24, 2.45) is 0 Å². The van der Waals surface area contributed by atoms with Crippen LogP contribution < -0.4 is 10.2 Å². The Morgan fingerprint density at radius 3 is 2.56 bits per heavy atom. The molecule has 2 aliphatic rings. The molecular weight excluding hydrogens is 336 g/mol. The van der Waals surface area contributed by atoms with E-state index in [0.29, 0.717) is 0 Å². The van der Waals surface area contributed by atoms with Crippen LogP contribution in [0.1, 0.15) is 49.8 Å². The van der Waals surface area contributed by atoms with E-state index >= 15 is 0 Å². The van der Waals surface area contributed by atoms with Crippen molar-refractivity contribution < 1.29 is 0 Å². The number of nitriles is 1. The van der Waals surface area contributed by atoms with Crippen molar-refractivity contribution in [3.05, 3.63) is 16.7 Å². The molecule has 1 aromatic heterocycles. The summed E-state index contributed by atoms with van der Waals surface area (Å²) in [5.74, 6) is 1.90. The van der Waals surface area contributed by atoms with Crippen LogP contribution in [0.4, 0.5) is 11.6 Å². The summed E-state index contributed by atoms with van der Waals surface area (Å²) in [5.41, 5.74) is 3.26. The van der Waals surface area contributed by atoms with Gasteiger partial charge in [-0.1, -0.05) is 13.8 Å². The van der Waals surface area contributed by atoms with Crippen LogP contribution >= 0.6 is 0 Å². The normalized spacial score (nSPS) is 17.2. The van der Waals surface area contributed by atoms with E-state index in [1.54, 1.807) is 0 Å². The van der Waals surface area contributed by atoms with Crippen molar-refractivity contribution in [1.82, 2.24) is 14.8 Å². The van der Waals surface area contributed by atoms with Gasteiger partial charge in [-0.25, -0.2) is 4.98 Å². The van der Waals surface area contributed by atoms with Gasteiger partial charge in [0.15, 0.2) is 0 Å². The Morgan fingerprint density at radius 1 is 1.15 bits per heavy atom. The number of fused-ring (bicyclic) bond motifs is 1. The summed E-state index contributed by atoms with van der Waals surface area (Å²) in [5, 5.41) is 13.3. The van der Waals surface area contributed by atoms with Crippen molar-refractivity contribution in [3.63, 3.8) is 0 Å². The number of pyridine rings is 1. The van der Waals surface area contributed by atoms with Crippen LogP contribution in [0.15, 0.2) is 0 Å². The van der Waals surface area contributed by atoms with Crippen molar-refractivity contribution in [3.8, 4) is 6.07 Å². The van der Waals surface area contributed by atoms with Crippen molar-refractivity contribution in [1.29, 1.82) is 5.26 Å². The van der Waals surface area contributed by atoms with Gasteiger partial charge in [-0.05, 0) is 57.9 Å². The van der Waals surface area contributed by atoms with Crippen LogP contribution in [-0.2, 0) is 13.0 Å². The van der Waals surface area contributed by atoms with Crippen molar-refractivity contribution in [2.45, 2.75) is 46.1 Å². The molecule has 2 aliphatic heterocycles. The summed E-state index contributed by atoms with van der Waals surface area (Å²) < 4.78 is 0. The molecule has 6 nitrogen and oxygen atoms in total. The number of anilines is 2. The SMILES string of the molecule is CCN(CC)CCCNc1nc(N2CCCC2)c2c(c1C#N)CCN(C)C2. The highest BCUT2D eigenvalue weighted by molar-refractivity contribution is 5.67. The predicted molar refractivity (Wildman–Crippen MR) is 111 cm³/mol. The molecule has 0 saturated carbocycles.